The van der Waals surface area contributed by atoms with Gasteiger partial charge in [-0.2, -0.15) is 0 Å². The van der Waals surface area contributed by atoms with Crippen LogP contribution in [0.4, 0.5) is 4.79 Å². The number of carbonyl (C=O) groups excluding carboxylic acids is 3. The van der Waals surface area contributed by atoms with E-state index in [1.807, 2.05) is 0 Å². The minimum absolute atomic E-state index is 0.225. The first-order chi connectivity index (χ1) is 26.6. The number of nitrogens with zero attached hydrogens (tertiary/aromatic N) is 1. The number of ether oxygens (including phenoxy) is 1. The van der Waals surface area contributed by atoms with Crippen LogP contribution in [0.15, 0.2) is 48.5 Å². The van der Waals surface area contributed by atoms with Crippen LogP contribution in [0, 0.1) is 13.8 Å². The van der Waals surface area contributed by atoms with Crippen LogP contribution >= 0.6 is 0 Å². The highest BCUT2D eigenvalue weighted by molar-refractivity contribution is 5.88. The molecule has 58 heavy (non-hydrogen) atoms. The second kappa shape index (κ2) is 16.0. The molecule has 1 aliphatic rings. The highest BCUT2D eigenvalue weighted by Gasteiger charge is 2.71. The summed E-state index contributed by atoms with van der Waals surface area (Å²) in [5.41, 5.74) is -3.92. The van der Waals surface area contributed by atoms with Gasteiger partial charge < -0.3 is 86.7 Å². The van der Waals surface area contributed by atoms with Crippen LogP contribution in [0.3, 0.4) is 0 Å². The van der Waals surface area contributed by atoms with Gasteiger partial charge in [-0.3, -0.25) is 19.8 Å². The van der Waals surface area contributed by atoms with Gasteiger partial charge in [-0.1, -0.05) is 48.5 Å². The predicted molar refractivity (Wildman–Crippen MR) is 191 cm³/mol. The summed E-state index contributed by atoms with van der Waals surface area (Å²) in [4.78, 5) is 39.5. The van der Waals surface area contributed by atoms with Crippen molar-refractivity contribution in [2.75, 3.05) is 6.61 Å². The Morgan fingerprint density at radius 1 is 0.828 bits per heavy atom. The first kappa shape index (κ1) is 45.2. The van der Waals surface area contributed by atoms with Crippen LogP contribution in [0.2, 0.25) is 0 Å². The van der Waals surface area contributed by atoms with Crippen LogP contribution in [0.1, 0.15) is 42.0 Å². The lowest BCUT2D eigenvalue weighted by atomic mass is 9.75. The summed E-state index contributed by atoms with van der Waals surface area (Å²) in [6.45, 7) is 3.21. The minimum Gasteiger partial charge on any atom is -0.504 e. The lowest BCUT2D eigenvalue weighted by Gasteiger charge is -2.52. The third-order valence-corrected chi connectivity index (χ3v) is 9.86. The topological polar surface area (TPSA) is 391 Å². The molecule has 3 amide bonds. The molecule has 0 aromatic heterocycles. The molecule has 1 aliphatic heterocycles. The van der Waals surface area contributed by atoms with Crippen LogP contribution in [-0.4, -0.2) is 147 Å². The van der Waals surface area contributed by atoms with E-state index < -0.39 is 119 Å². The lowest BCUT2D eigenvalue weighted by molar-refractivity contribution is -0.495. The van der Waals surface area contributed by atoms with E-state index in [-0.39, 0.29) is 17.1 Å². The second-order valence-electron chi connectivity index (χ2n) is 14.0. The fraction of sp³-hybridized carbons (Fsp3) is 0.417. The number of aryl methyl sites for hydroxylation is 2. The fourth-order valence-electron chi connectivity index (χ4n) is 6.52. The minimum atomic E-state index is -4.35. The molecule has 1 saturated heterocycles. The van der Waals surface area contributed by atoms with Gasteiger partial charge >= 0.3 is 23.6 Å². The number of nitrogens with one attached hydrogen (secondary N) is 2. The second-order valence-corrected chi connectivity index (χ2v) is 14.0. The number of ketones is 1. The van der Waals surface area contributed by atoms with E-state index in [9.17, 15) is 91.0 Å². The van der Waals surface area contributed by atoms with Crippen LogP contribution < -0.4 is 15.4 Å². The first-order valence-electron chi connectivity index (χ1n) is 17.2. The van der Waals surface area contributed by atoms with Gasteiger partial charge in [0, 0.05) is 12.5 Å². The van der Waals surface area contributed by atoms with Crippen molar-refractivity contribution in [3.63, 3.8) is 0 Å². The maximum atomic E-state index is 13.6. The van der Waals surface area contributed by atoms with E-state index in [1.165, 1.54) is 17.4 Å². The Bertz CT molecular complexity index is 1990. The van der Waals surface area contributed by atoms with E-state index in [0.717, 1.165) is 6.92 Å². The maximum absolute atomic E-state index is 13.6. The number of phenolic OH excluding ortho intramolecular Hbond substituents is 5. The number of hydrogen-bond acceptors (Lipinski definition) is 19. The normalized spacial score (nSPS) is 18.6. The quantitative estimate of drug-likeness (QED) is 0.0403. The molecule has 4 atom stereocenters. The Kier molecular flexibility index (Phi) is 12.5. The number of amides is 3. The number of aliphatic hydroxyl groups excluding tert-OH is 1. The SMILES string of the molecule is Cc1cccc(C)c1OCC(=O)CC(O)(C(O)CC(Cc1ccccc1)NC(=O)C(C)N1C(=O)NC(O)(O)C(O)(O)C1(O)O)C(O)(O)c1c(O)c(O)c(O)c(O)c1O. The Morgan fingerprint density at radius 2 is 1.34 bits per heavy atom. The summed E-state index contributed by atoms with van der Waals surface area (Å²) in [5, 5.41) is 163. The van der Waals surface area contributed by atoms with E-state index in [1.54, 1.807) is 50.2 Å². The molecule has 22 heteroatoms. The molecule has 1 fully saturated rings. The number of phenols is 5. The number of carbonyl (C=O) groups is 3. The van der Waals surface area contributed by atoms with Crippen molar-refractivity contribution in [3.8, 4) is 34.5 Å². The van der Waals surface area contributed by atoms with Crippen molar-refractivity contribution in [2.24, 2.45) is 0 Å². The summed E-state index contributed by atoms with van der Waals surface area (Å²) in [6.07, 6.45) is -5.56. The highest BCUT2D eigenvalue weighted by atomic mass is 16.7. The van der Waals surface area contributed by atoms with E-state index in [2.05, 4.69) is 5.32 Å². The zero-order valence-electron chi connectivity index (χ0n) is 31.0. The standard InChI is InChI=1S/C36H45N3O19/c1-16-8-7-9-17(2)29(16)58-15-21(40)14-32(49,33(50,51)23-24(42)26(44)28(46)27(45)25(23)43)22(41)13-20(12-19-10-5-4-6-11-19)37-30(47)18(3)39-31(48)38-35(54,55)34(52,53)36(39,56)57/h4-11,18,20,22,41-46,49-57H,12-15H2,1-3H3,(H,37,47)(H,38,48). The molecule has 0 radical (unpaired) electrons. The number of urea groups is 1. The van der Waals surface area contributed by atoms with Crippen LogP contribution in [0.5, 0.6) is 34.5 Å². The highest BCUT2D eigenvalue weighted by Crippen LogP contribution is 2.56. The van der Waals surface area contributed by atoms with E-state index in [4.69, 9.17) is 4.74 Å². The number of hydrogen-bond donors (Lipinski definition) is 17. The summed E-state index contributed by atoms with van der Waals surface area (Å²) in [6, 6.07) is 7.15. The van der Waals surface area contributed by atoms with Crippen LogP contribution in [-0.2, 0) is 21.8 Å². The Labute approximate surface area is 327 Å². The average molecular weight is 824 g/mol. The molecule has 318 valence electrons. The Morgan fingerprint density at radius 3 is 1.88 bits per heavy atom. The van der Waals surface area contributed by atoms with Crippen LogP contribution in [0.25, 0.3) is 0 Å². The zero-order valence-corrected chi connectivity index (χ0v) is 31.0. The van der Waals surface area contributed by atoms with E-state index in [0.29, 0.717) is 16.7 Å². The monoisotopic (exact) mass is 823 g/mol. The van der Waals surface area contributed by atoms with Gasteiger partial charge in [-0.15, -0.1) is 0 Å². The summed E-state index contributed by atoms with van der Waals surface area (Å²) in [5.74, 6) is -27.6. The Hall–Kier alpha value is -5.53. The molecular formula is C36H45N3O19. The molecule has 1 heterocycles. The Balaban J connectivity index is 1.77. The zero-order chi connectivity index (χ0) is 43.9. The molecule has 3 aromatic rings. The van der Waals surface area contributed by atoms with Crippen molar-refractivity contribution < 1.29 is 95.7 Å². The van der Waals surface area contributed by atoms with Gasteiger partial charge in [0.15, 0.2) is 22.9 Å². The summed E-state index contributed by atoms with van der Waals surface area (Å²) < 4.78 is 5.61. The van der Waals surface area contributed by atoms with Gasteiger partial charge in [-0.25, -0.2) is 4.79 Å². The molecule has 4 rings (SSSR count). The average Bonchev–Trinajstić information content (AvgIpc) is 3.12. The van der Waals surface area contributed by atoms with Crippen molar-refractivity contribution in [1.82, 2.24) is 15.5 Å². The molecule has 0 aliphatic carbocycles. The number of para-hydroxylation sites is 1. The third kappa shape index (κ3) is 7.97. The summed E-state index contributed by atoms with van der Waals surface area (Å²) >= 11 is 0. The van der Waals surface area contributed by atoms with Crippen molar-refractivity contribution in [1.29, 1.82) is 0 Å². The van der Waals surface area contributed by atoms with Gasteiger partial charge in [0.05, 0.1) is 6.10 Å². The maximum Gasteiger partial charge on any atom is 0.326 e. The molecule has 3 aromatic carbocycles. The van der Waals surface area contributed by atoms with Crippen molar-refractivity contribution in [2.45, 2.75) is 87.2 Å². The van der Waals surface area contributed by atoms with Crippen molar-refractivity contribution in [3.05, 3.63) is 70.8 Å². The first-order valence-corrected chi connectivity index (χ1v) is 17.2. The van der Waals surface area contributed by atoms with E-state index >= 15 is 0 Å². The third-order valence-electron chi connectivity index (χ3n) is 9.86. The van der Waals surface area contributed by atoms with Gasteiger partial charge in [0.1, 0.15) is 24.0 Å². The molecule has 4 unspecified atom stereocenters. The predicted octanol–water partition coefficient (Wildman–Crippen LogP) is -3.41. The number of rotatable bonds is 15. The smallest absolute Gasteiger partial charge is 0.326 e. The van der Waals surface area contributed by atoms with Gasteiger partial charge in [-0.05, 0) is 50.3 Å². The summed E-state index contributed by atoms with van der Waals surface area (Å²) in [7, 11) is 0. The molecule has 0 saturated carbocycles. The molecule has 0 spiro atoms. The molecular weight excluding hydrogens is 778 g/mol. The molecule has 17 N–H and O–H groups in total. The lowest BCUT2D eigenvalue weighted by Crippen LogP contribution is -2.86. The molecule has 0 bridgehead atoms. The number of aliphatic hydroxyl groups is 10. The van der Waals surface area contributed by atoms with Gasteiger partial charge in [0.2, 0.25) is 28.9 Å². The number of aromatic hydroxyl groups is 5. The molecule has 22 nitrogen and oxygen atoms in total. The van der Waals surface area contributed by atoms with Crippen molar-refractivity contribution >= 4 is 17.7 Å². The fourth-order valence-corrected chi connectivity index (χ4v) is 6.52. The van der Waals surface area contributed by atoms with Gasteiger partial charge in [0.25, 0.3) is 0 Å². The number of benzene rings is 3. The largest absolute Gasteiger partial charge is 0.504 e. The number of Topliss-reactive ketones (excluding diaryl/α,β-unsaturated/α-hetero) is 1.